The molecule has 1 aromatic rings. The van der Waals surface area contributed by atoms with Crippen LogP contribution >= 0.6 is 0 Å². The minimum Gasteiger partial charge on any atom is -0.370 e. The zero-order valence-corrected chi connectivity index (χ0v) is 9.33. The summed E-state index contributed by atoms with van der Waals surface area (Å²) < 4.78 is 0. The van der Waals surface area contributed by atoms with E-state index in [1.54, 1.807) is 0 Å². The molecule has 0 bridgehead atoms. The predicted molar refractivity (Wildman–Crippen MR) is 62.7 cm³/mol. The Morgan fingerprint density at radius 3 is 2.21 bits per heavy atom. The lowest BCUT2D eigenvalue weighted by Gasteiger charge is -2.01. The average molecular weight is 193 g/mol. The summed E-state index contributed by atoms with van der Waals surface area (Å²) in [4.78, 5) is 3.99. The summed E-state index contributed by atoms with van der Waals surface area (Å²) in [6.45, 7) is 7.98. The molecule has 0 saturated carbocycles. The molecule has 0 aliphatic rings. The van der Waals surface area contributed by atoms with Crippen LogP contribution in [0.25, 0.3) is 0 Å². The largest absolute Gasteiger partial charge is 0.370 e. The van der Waals surface area contributed by atoms with E-state index in [4.69, 9.17) is 11.5 Å². The van der Waals surface area contributed by atoms with Gasteiger partial charge in [-0.05, 0) is 31.0 Å². The number of nitrogens with zero attached hydrogens (tertiary/aromatic N) is 1. The predicted octanol–water partition coefficient (Wildman–Crippen LogP) is 2.23. The number of hydrogen-bond donors (Lipinski definition) is 2. The number of aryl methyl sites for hydroxylation is 2. The Kier molecular flexibility index (Phi) is 5.37. The molecule has 0 atom stereocenters. The summed E-state index contributed by atoms with van der Waals surface area (Å²) in [6.07, 6.45) is 0. The number of nitrogens with two attached hydrogens (primary N) is 2. The van der Waals surface area contributed by atoms with Gasteiger partial charge in [-0.1, -0.05) is 26.0 Å². The zero-order valence-electron chi connectivity index (χ0n) is 9.33. The van der Waals surface area contributed by atoms with Gasteiger partial charge in [-0.3, -0.25) is 0 Å². The Balaban J connectivity index is 0.000000791. The van der Waals surface area contributed by atoms with Gasteiger partial charge < -0.3 is 11.5 Å². The molecule has 0 aromatic heterocycles. The first kappa shape index (κ1) is 12.5. The molecule has 0 saturated heterocycles. The van der Waals surface area contributed by atoms with E-state index in [0.717, 1.165) is 16.8 Å². The van der Waals surface area contributed by atoms with Crippen LogP contribution < -0.4 is 11.5 Å². The van der Waals surface area contributed by atoms with Gasteiger partial charge in [0.1, 0.15) is 0 Å². The van der Waals surface area contributed by atoms with Crippen molar-refractivity contribution in [2.45, 2.75) is 27.7 Å². The molecule has 1 aromatic carbocycles. The van der Waals surface area contributed by atoms with Gasteiger partial charge in [-0.15, -0.1) is 0 Å². The van der Waals surface area contributed by atoms with E-state index >= 15 is 0 Å². The second-order valence-electron chi connectivity index (χ2n) is 2.83. The number of guanidine groups is 1. The Morgan fingerprint density at radius 1 is 1.14 bits per heavy atom. The fourth-order valence-corrected chi connectivity index (χ4v) is 0.979. The smallest absolute Gasteiger partial charge is 0.191 e. The third-order valence-corrected chi connectivity index (χ3v) is 1.61. The van der Waals surface area contributed by atoms with Crippen molar-refractivity contribution in [3.8, 4) is 0 Å². The highest BCUT2D eigenvalue weighted by Gasteiger charge is 1.95. The maximum Gasteiger partial charge on any atom is 0.191 e. The van der Waals surface area contributed by atoms with Crippen LogP contribution in [0.4, 0.5) is 5.69 Å². The maximum atomic E-state index is 5.27. The minimum atomic E-state index is 0.101. The molecule has 3 nitrogen and oxygen atoms in total. The van der Waals surface area contributed by atoms with Crippen molar-refractivity contribution < 1.29 is 0 Å². The van der Waals surface area contributed by atoms with E-state index in [-0.39, 0.29) is 5.96 Å². The fraction of sp³-hybridized carbons (Fsp3) is 0.364. The molecule has 0 aliphatic carbocycles. The van der Waals surface area contributed by atoms with Gasteiger partial charge in [0.2, 0.25) is 0 Å². The first-order valence-corrected chi connectivity index (χ1v) is 4.76. The third-order valence-electron chi connectivity index (χ3n) is 1.61. The van der Waals surface area contributed by atoms with Gasteiger partial charge in [0.15, 0.2) is 5.96 Å². The van der Waals surface area contributed by atoms with E-state index in [0.29, 0.717) is 0 Å². The molecule has 0 unspecified atom stereocenters. The summed E-state index contributed by atoms with van der Waals surface area (Å²) in [5.74, 6) is 0.101. The SMILES string of the molecule is CC.Cc1ccc(C)c(N=C(N)N)c1. The van der Waals surface area contributed by atoms with Crippen LogP contribution in [0.15, 0.2) is 23.2 Å². The lowest BCUT2D eigenvalue weighted by molar-refractivity contribution is 1.33. The Hall–Kier alpha value is -1.51. The molecule has 1 rings (SSSR count). The minimum absolute atomic E-state index is 0.101. The molecule has 0 radical (unpaired) electrons. The highest BCUT2D eigenvalue weighted by atomic mass is 15.0. The van der Waals surface area contributed by atoms with Gasteiger partial charge in [0, 0.05) is 0 Å². The zero-order chi connectivity index (χ0) is 11.1. The number of rotatable bonds is 1. The van der Waals surface area contributed by atoms with E-state index in [1.165, 1.54) is 0 Å². The quantitative estimate of drug-likeness (QED) is 0.530. The van der Waals surface area contributed by atoms with Crippen LogP contribution in [0.5, 0.6) is 0 Å². The van der Waals surface area contributed by atoms with Gasteiger partial charge in [-0.25, -0.2) is 4.99 Å². The van der Waals surface area contributed by atoms with Crippen LogP contribution in [-0.2, 0) is 0 Å². The number of hydrogen-bond acceptors (Lipinski definition) is 1. The van der Waals surface area contributed by atoms with Crippen molar-refractivity contribution in [1.82, 2.24) is 0 Å². The average Bonchev–Trinajstić information content (AvgIpc) is 2.14. The normalized spacial score (nSPS) is 8.57. The van der Waals surface area contributed by atoms with Crippen molar-refractivity contribution >= 4 is 11.6 Å². The van der Waals surface area contributed by atoms with Gasteiger partial charge in [0.25, 0.3) is 0 Å². The third kappa shape index (κ3) is 3.94. The monoisotopic (exact) mass is 193 g/mol. The molecule has 3 heteroatoms. The summed E-state index contributed by atoms with van der Waals surface area (Å²) in [5.41, 5.74) is 13.6. The highest BCUT2D eigenvalue weighted by molar-refractivity contribution is 5.79. The topological polar surface area (TPSA) is 64.4 Å². The summed E-state index contributed by atoms with van der Waals surface area (Å²) >= 11 is 0. The molecule has 0 fully saturated rings. The number of aliphatic imine (C=N–C) groups is 1. The van der Waals surface area contributed by atoms with Crippen LogP contribution in [0.2, 0.25) is 0 Å². The standard InChI is InChI=1S/C9H13N3.C2H6/c1-6-3-4-7(2)8(5-6)12-9(10)11;1-2/h3-5H,1-2H3,(H4,10,11,12);1-2H3. The van der Waals surface area contributed by atoms with Crippen molar-refractivity contribution in [1.29, 1.82) is 0 Å². The van der Waals surface area contributed by atoms with Crippen molar-refractivity contribution in [2.24, 2.45) is 16.5 Å². The van der Waals surface area contributed by atoms with Crippen molar-refractivity contribution in [3.05, 3.63) is 29.3 Å². The van der Waals surface area contributed by atoms with Gasteiger partial charge >= 0.3 is 0 Å². The summed E-state index contributed by atoms with van der Waals surface area (Å²) in [7, 11) is 0. The Bertz CT molecular complexity index is 312. The molecular weight excluding hydrogens is 174 g/mol. The van der Waals surface area contributed by atoms with E-state index in [1.807, 2.05) is 45.9 Å². The Morgan fingerprint density at radius 2 is 1.71 bits per heavy atom. The summed E-state index contributed by atoms with van der Waals surface area (Å²) in [6, 6.07) is 5.98. The first-order chi connectivity index (χ1) is 6.59. The molecule has 4 N–H and O–H groups in total. The van der Waals surface area contributed by atoms with E-state index < -0.39 is 0 Å². The maximum absolute atomic E-state index is 5.27. The van der Waals surface area contributed by atoms with Crippen LogP contribution in [0.3, 0.4) is 0 Å². The molecule has 0 spiro atoms. The first-order valence-electron chi connectivity index (χ1n) is 4.76. The lowest BCUT2D eigenvalue weighted by atomic mass is 10.1. The van der Waals surface area contributed by atoms with E-state index in [2.05, 4.69) is 4.99 Å². The molecule has 0 aliphatic heterocycles. The molecule has 0 amide bonds. The number of benzene rings is 1. The second-order valence-corrected chi connectivity index (χ2v) is 2.83. The van der Waals surface area contributed by atoms with Crippen molar-refractivity contribution in [3.63, 3.8) is 0 Å². The van der Waals surface area contributed by atoms with Crippen LogP contribution in [0, 0.1) is 13.8 Å². The molecule has 0 heterocycles. The molecule has 78 valence electrons. The van der Waals surface area contributed by atoms with Gasteiger partial charge in [0.05, 0.1) is 5.69 Å². The lowest BCUT2D eigenvalue weighted by Crippen LogP contribution is -2.22. The highest BCUT2D eigenvalue weighted by Crippen LogP contribution is 2.18. The molecular formula is C11H19N3. The fourth-order valence-electron chi connectivity index (χ4n) is 0.979. The van der Waals surface area contributed by atoms with Crippen LogP contribution in [0.1, 0.15) is 25.0 Å². The Labute approximate surface area is 85.8 Å². The second kappa shape index (κ2) is 6.02. The van der Waals surface area contributed by atoms with E-state index in [9.17, 15) is 0 Å². The van der Waals surface area contributed by atoms with Crippen molar-refractivity contribution in [2.75, 3.05) is 0 Å². The summed E-state index contributed by atoms with van der Waals surface area (Å²) in [5, 5.41) is 0. The van der Waals surface area contributed by atoms with Gasteiger partial charge in [-0.2, -0.15) is 0 Å². The van der Waals surface area contributed by atoms with Crippen LogP contribution in [-0.4, -0.2) is 5.96 Å². The molecule has 14 heavy (non-hydrogen) atoms.